The molecule has 0 spiro atoms. The molecule has 0 fully saturated rings. The van der Waals surface area contributed by atoms with E-state index in [0.29, 0.717) is 0 Å². The van der Waals surface area contributed by atoms with Crippen molar-refractivity contribution in [2.75, 3.05) is 0 Å². The first-order valence-electron chi connectivity index (χ1n) is 1.08. The monoisotopic (exact) mass is 314 g/mol. The number of hydrogen-bond donors (Lipinski definition) is 1. The number of nitrogens with zero attached hydrogens (tertiary/aromatic N) is 1. The molecular formula is CH2N2O2PbS. The van der Waals surface area contributed by atoms with Crippen LogP contribution in [0.3, 0.4) is 0 Å². The van der Waals surface area contributed by atoms with Gasteiger partial charge in [0.2, 0.25) is 0 Å². The number of nitro groups is 1. The summed E-state index contributed by atoms with van der Waals surface area (Å²) in [4.78, 5) is 8.41. The van der Waals surface area contributed by atoms with E-state index >= 15 is 0 Å². The zero-order valence-electron chi connectivity index (χ0n) is 3.25. The third kappa shape index (κ3) is 6.21. The van der Waals surface area contributed by atoms with E-state index in [1.54, 1.807) is 0 Å². The first-order valence-corrected chi connectivity index (χ1v) is 1.49. The fourth-order valence-electron chi connectivity index (χ4n) is 0. The Morgan fingerprint density at radius 2 is 2.00 bits per heavy atom. The maximum absolute atomic E-state index is 9.24. The molecule has 0 saturated carbocycles. The van der Waals surface area contributed by atoms with Crippen LogP contribution in [0.4, 0.5) is 0 Å². The van der Waals surface area contributed by atoms with Crippen LogP contribution in [-0.4, -0.2) is 37.3 Å². The second-order valence-corrected chi connectivity index (χ2v) is 1.01. The van der Waals surface area contributed by atoms with Crippen LogP contribution in [0.25, 0.3) is 0 Å². The van der Waals surface area contributed by atoms with Gasteiger partial charge in [-0.2, -0.15) is 0 Å². The molecule has 0 aromatic carbocycles. The zero-order valence-corrected chi connectivity index (χ0v) is 7.95. The number of nitrogens with two attached hydrogens (primary N) is 1. The smallest absolute Gasteiger partial charge is 0.357 e. The predicted molar refractivity (Wildman–Crippen MR) is 29.5 cm³/mol. The minimum atomic E-state index is -0.824. The van der Waals surface area contributed by atoms with E-state index in [-0.39, 0.29) is 27.3 Å². The van der Waals surface area contributed by atoms with Gasteiger partial charge in [0.25, 0.3) is 0 Å². The molecular weight excluding hydrogens is 311 g/mol. The van der Waals surface area contributed by atoms with Crippen molar-refractivity contribution in [3.63, 3.8) is 0 Å². The first kappa shape index (κ1) is 10.2. The molecule has 0 aromatic heterocycles. The molecule has 38 valence electrons. The Hall–Kier alpha value is 0.212. The summed E-state index contributed by atoms with van der Waals surface area (Å²) in [7, 11) is 0. The summed E-state index contributed by atoms with van der Waals surface area (Å²) in [6, 6.07) is 0. The number of rotatable bonds is 0. The number of thiocarbonyl (C=S) groups is 1. The molecule has 2 N–H and O–H groups in total. The molecule has 6 heteroatoms. The minimum absolute atomic E-state index is 0. The molecule has 0 aliphatic rings. The summed E-state index contributed by atoms with van der Waals surface area (Å²) < 4.78 is 0. The van der Waals surface area contributed by atoms with Crippen LogP contribution in [-0.2, 0) is 0 Å². The standard InChI is InChI=1S/CH2N2O2S.Pb/c2-1(6)3(4)5;/h(H2,2,6);. The summed E-state index contributed by atoms with van der Waals surface area (Å²) in [5.41, 5.74) is 4.47. The molecule has 4 radical (unpaired) electrons. The molecule has 7 heavy (non-hydrogen) atoms. The van der Waals surface area contributed by atoms with Crippen LogP contribution in [0.5, 0.6) is 0 Å². The Morgan fingerprint density at radius 3 is 2.00 bits per heavy atom. The van der Waals surface area contributed by atoms with Gasteiger partial charge in [0.1, 0.15) is 0 Å². The van der Waals surface area contributed by atoms with E-state index < -0.39 is 10.0 Å². The van der Waals surface area contributed by atoms with Gasteiger partial charge in [-0.15, -0.1) is 0 Å². The molecule has 0 heterocycles. The van der Waals surface area contributed by atoms with Crippen LogP contribution in [0.15, 0.2) is 0 Å². The van der Waals surface area contributed by atoms with Crippen molar-refractivity contribution in [3.8, 4) is 0 Å². The Balaban J connectivity index is 0. The van der Waals surface area contributed by atoms with Crippen molar-refractivity contribution in [2.45, 2.75) is 0 Å². The van der Waals surface area contributed by atoms with Crippen LogP contribution < -0.4 is 5.73 Å². The average Bonchev–Trinajstić information content (AvgIpc) is 1.36. The van der Waals surface area contributed by atoms with Crippen molar-refractivity contribution in [3.05, 3.63) is 10.1 Å². The molecule has 0 rings (SSSR count). The Kier molecular flexibility index (Phi) is 6.40. The van der Waals surface area contributed by atoms with Crippen molar-refractivity contribution in [2.24, 2.45) is 5.73 Å². The molecule has 0 unspecified atom stereocenters. The third-order valence-electron chi connectivity index (χ3n) is 0.180. The molecule has 0 atom stereocenters. The second-order valence-electron chi connectivity index (χ2n) is 0.595. The predicted octanol–water partition coefficient (Wildman–Crippen LogP) is -0.874. The largest absolute Gasteiger partial charge is 0.382 e. The van der Waals surface area contributed by atoms with E-state index in [0.717, 1.165) is 0 Å². The molecule has 0 aliphatic carbocycles. The summed E-state index contributed by atoms with van der Waals surface area (Å²) in [5.74, 6) is 0. The van der Waals surface area contributed by atoms with Gasteiger partial charge < -0.3 is 10.1 Å². The summed E-state index contributed by atoms with van der Waals surface area (Å²) in [5, 5.41) is 8.55. The third-order valence-corrected chi connectivity index (χ3v) is 0.329. The van der Waals surface area contributed by atoms with E-state index in [1.165, 1.54) is 0 Å². The van der Waals surface area contributed by atoms with Crippen LogP contribution in [0.1, 0.15) is 0 Å². The van der Waals surface area contributed by atoms with E-state index in [9.17, 15) is 10.1 Å². The van der Waals surface area contributed by atoms with Gasteiger partial charge in [0.15, 0.2) is 0 Å². The maximum atomic E-state index is 9.24. The summed E-state index contributed by atoms with van der Waals surface area (Å²) in [6.07, 6.45) is 0. The molecule has 0 aromatic rings. The van der Waals surface area contributed by atoms with Gasteiger partial charge in [-0.05, 0) is 4.92 Å². The molecule has 0 amide bonds. The van der Waals surface area contributed by atoms with E-state index in [1.807, 2.05) is 0 Å². The minimum Gasteiger partial charge on any atom is -0.357 e. The topological polar surface area (TPSA) is 69.2 Å². The van der Waals surface area contributed by atoms with Crippen molar-refractivity contribution in [1.29, 1.82) is 0 Å². The van der Waals surface area contributed by atoms with Gasteiger partial charge in [0.05, 0.1) is 0 Å². The van der Waals surface area contributed by atoms with Crippen LogP contribution >= 0.6 is 12.2 Å². The van der Waals surface area contributed by atoms with Crippen molar-refractivity contribution >= 4 is 44.6 Å². The van der Waals surface area contributed by atoms with E-state index in [4.69, 9.17) is 0 Å². The molecule has 4 nitrogen and oxygen atoms in total. The SMILES string of the molecule is NC(=S)[N+](=O)[O-].[Pb]. The van der Waals surface area contributed by atoms with Gasteiger partial charge in [0, 0.05) is 39.5 Å². The van der Waals surface area contributed by atoms with Gasteiger partial charge >= 0.3 is 5.11 Å². The fraction of sp³-hybridized carbons (Fsp3) is 0. The second kappa shape index (κ2) is 4.37. The summed E-state index contributed by atoms with van der Waals surface area (Å²) >= 11 is 3.90. The number of hydrogen-bond acceptors (Lipinski definition) is 3. The van der Waals surface area contributed by atoms with Crippen molar-refractivity contribution < 1.29 is 4.92 Å². The van der Waals surface area contributed by atoms with Gasteiger partial charge in [-0.25, -0.2) is 0 Å². The van der Waals surface area contributed by atoms with Gasteiger partial charge in [-0.3, -0.25) is 5.73 Å². The van der Waals surface area contributed by atoms with Gasteiger partial charge in [-0.1, -0.05) is 0 Å². The molecule has 0 aliphatic heterocycles. The maximum Gasteiger partial charge on any atom is 0.382 e. The van der Waals surface area contributed by atoms with Crippen LogP contribution in [0, 0.1) is 10.1 Å². The van der Waals surface area contributed by atoms with Crippen LogP contribution in [0.2, 0.25) is 0 Å². The Bertz CT molecular complexity index is 81.7. The first-order chi connectivity index (χ1) is 2.64. The zero-order chi connectivity index (χ0) is 5.15. The average molecular weight is 313 g/mol. The summed E-state index contributed by atoms with van der Waals surface area (Å²) in [6.45, 7) is 0. The Labute approximate surface area is 65.4 Å². The molecule has 0 saturated heterocycles. The Morgan fingerprint density at radius 1 is 1.86 bits per heavy atom. The fourth-order valence-corrected chi connectivity index (χ4v) is 0. The quantitative estimate of drug-likeness (QED) is 0.273. The normalized spacial score (nSPS) is 6.29. The molecule has 0 bridgehead atoms. The van der Waals surface area contributed by atoms with Crippen molar-refractivity contribution in [1.82, 2.24) is 0 Å². The van der Waals surface area contributed by atoms with E-state index in [2.05, 4.69) is 18.0 Å².